The molecule has 24 heavy (non-hydrogen) atoms. The third-order valence-electron chi connectivity index (χ3n) is 4.48. The van der Waals surface area contributed by atoms with Crippen molar-refractivity contribution in [1.29, 1.82) is 0 Å². The molecule has 0 radical (unpaired) electrons. The van der Waals surface area contributed by atoms with Crippen molar-refractivity contribution in [2.24, 2.45) is 11.7 Å². The highest BCUT2D eigenvalue weighted by molar-refractivity contribution is 7.15. The van der Waals surface area contributed by atoms with Crippen LogP contribution in [0.25, 0.3) is 0 Å². The summed E-state index contributed by atoms with van der Waals surface area (Å²) in [5.41, 5.74) is 7.49. The van der Waals surface area contributed by atoms with E-state index in [1.54, 1.807) is 25.3 Å². The predicted octanol–water partition coefficient (Wildman–Crippen LogP) is 3.64. The zero-order valence-corrected chi connectivity index (χ0v) is 14.5. The molecule has 1 heterocycles. The predicted molar refractivity (Wildman–Crippen MR) is 94.6 cm³/mol. The van der Waals surface area contributed by atoms with E-state index in [9.17, 15) is 9.18 Å². The van der Waals surface area contributed by atoms with Crippen LogP contribution < -0.4 is 11.1 Å². The van der Waals surface area contributed by atoms with Gasteiger partial charge in [0.05, 0.1) is 0 Å². The van der Waals surface area contributed by atoms with Gasteiger partial charge in [0.15, 0.2) is 5.13 Å². The molecule has 1 saturated carbocycles. The largest absolute Gasteiger partial charge is 0.328 e. The van der Waals surface area contributed by atoms with Crippen molar-refractivity contribution in [3.63, 3.8) is 0 Å². The minimum atomic E-state index is -0.195. The van der Waals surface area contributed by atoms with Gasteiger partial charge in [0.25, 0.3) is 0 Å². The number of halogens is 1. The van der Waals surface area contributed by atoms with Crippen LogP contribution in [0.5, 0.6) is 0 Å². The molecule has 1 fully saturated rings. The first kappa shape index (κ1) is 17.0. The smallest absolute Gasteiger partial charge is 0.229 e. The maximum atomic E-state index is 13.6. The lowest BCUT2D eigenvalue weighted by molar-refractivity contribution is -0.120. The van der Waals surface area contributed by atoms with Crippen LogP contribution in [-0.2, 0) is 11.2 Å². The van der Waals surface area contributed by atoms with Gasteiger partial charge in [-0.2, -0.15) is 0 Å². The molecular weight excluding hydrogens is 325 g/mol. The quantitative estimate of drug-likeness (QED) is 0.887. The number of aryl methyl sites for hydroxylation is 1. The highest BCUT2D eigenvalue weighted by atomic mass is 32.1. The van der Waals surface area contributed by atoms with E-state index >= 15 is 0 Å². The number of nitrogens with two attached hydrogens (primary N) is 1. The van der Waals surface area contributed by atoms with E-state index in [4.69, 9.17) is 5.73 Å². The van der Waals surface area contributed by atoms with Crippen LogP contribution in [0, 0.1) is 18.7 Å². The summed E-state index contributed by atoms with van der Waals surface area (Å²) in [5, 5.41) is 3.50. The number of nitrogens with zero attached hydrogens (tertiary/aromatic N) is 1. The fourth-order valence-corrected chi connectivity index (χ4v) is 3.92. The lowest BCUT2D eigenvalue weighted by Gasteiger charge is -2.25. The molecule has 2 atom stereocenters. The second-order valence-electron chi connectivity index (χ2n) is 6.50. The van der Waals surface area contributed by atoms with Crippen LogP contribution in [0.15, 0.2) is 24.4 Å². The average molecular weight is 347 g/mol. The average Bonchev–Trinajstić information content (AvgIpc) is 2.98. The molecule has 2 aromatic rings. The Bertz CT molecular complexity index is 731. The van der Waals surface area contributed by atoms with Crippen LogP contribution in [0.4, 0.5) is 9.52 Å². The number of carbonyl (C=O) groups excluding carboxylic acids is 1. The Kier molecular flexibility index (Phi) is 5.26. The maximum absolute atomic E-state index is 13.6. The topological polar surface area (TPSA) is 68.0 Å². The highest BCUT2D eigenvalue weighted by Gasteiger charge is 2.25. The van der Waals surface area contributed by atoms with Crippen LogP contribution in [0.2, 0.25) is 0 Å². The minimum Gasteiger partial charge on any atom is -0.328 e. The van der Waals surface area contributed by atoms with Gasteiger partial charge in [-0.3, -0.25) is 4.79 Å². The molecule has 1 aromatic carbocycles. The van der Waals surface area contributed by atoms with Crippen LogP contribution in [-0.4, -0.2) is 16.9 Å². The van der Waals surface area contributed by atoms with E-state index in [2.05, 4.69) is 10.3 Å². The maximum Gasteiger partial charge on any atom is 0.229 e. The van der Waals surface area contributed by atoms with Gasteiger partial charge in [0, 0.05) is 29.5 Å². The summed E-state index contributed by atoms with van der Waals surface area (Å²) in [7, 11) is 0. The monoisotopic (exact) mass is 347 g/mol. The second-order valence-corrected chi connectivity index (χ2v) is 7.62. The van der Waals surface area contributed by atoms with E-state index in [0.717, 1.165) is 36.1 Å². The minimum absolute atomic E-state index is 0.00688. The summed E-state index contributed by atoms with van der Waals surface area (Å²) in [6, 6.07) is 5.37. The number of rotatable bonds is 4. The standard InChI is InChI=1S/C18H22FN3OS/c1-11-5-6-12(8-16(11)19)7-15-10-21-18(24-15)22-17(23)13-3-2-4-14(20)9-13/h5-6,8,10,13-14H,2-4,7,9,20H2,1H3,(H,21,22,23). The Morgan fingerprint density at radius 2 is 2.29 bits per heavy atom. The molecule has 0 bridgehead atoms. The Hall–Kier alpha value is -1.79. The van der Waals surface area contributed by atoms with Gasteiger partial charge < -0.3 is 11.1 Å². The van der Waals surface area contributed by atoms with Gasteiger partial charge in [-0.25, -0.2) is 9.37 Å². The molecule has 128 valence electrons. The lowest BCUT2D eigenvalue weighted by Crippen LogP contribution is -2.34. The Labute approximate surface area is 145 Å². The molecule has 1 amide bonds. The molecule has 3 rings (SSSR count). The van der Waals surface area contributed by atoms with Gasteiger partial charge in [-0.15, -0.1) is 11.3 Å². The second kappa shape index (κ2) is 7.40. The van der Waals surface area contributed by atoms with Crippen molar-refractivity contribution in [3.8, 4) is 0 Å². The molecule has 3 N–H and O–H groups in total. The van der Waals surface area contributed by atoms with E-state index in [1.165, 1.54) is 11.3 Å². The molecule has 0 spiro atoms. The fourth-order valence-electron chi connectivity index (χ4n) is 3.07. The SMILES string of the molecule is Cc1ccc(Cc2cnc(NC(=O)C3CCCC(N)C3)s2)cc1F. The van der Waals surface area contributed by atoms with Crippen LogP contribution in [0.3, 0.4) is 0 Å². The van der Waals surface area contributed by atoms with E-state index in [-0.39, 0.29) is 23.7 Å². The zero-order valence-electron chi connectivity index (χ0n) is 13.7. The summed E-state index contributed by atoms with van der Waals surface area (Å²) < 4.78 is 13.6. The van der Waals surface area contributed by atoms with E-state index < -0.39 is 0 Å². The first-order chi connectivity index (χ1) is 11.5. The number of carbonyl (C=O) groups is 1. The van der Waals surface area contributed by atoms with Crippen LogP contribution in [0.1, 0.15) is 41.7 Å². The number of nitrogens with one attached hydrogen (secondary N) is 1. The summed E-state index contributed by atoms with van der Waals surface area (Å²) >= 11 is 1.43. The number of thiazole rings is 1. The van der Waals surface area contributed by atoms with E-state index in [0.29, 0.717) is 17.1 Å². The van der Waals surface area contributed by atoms with Gasteiger partial charge in [0.1, 0.15) is 5.82 Å². The molecule has 6 heteroatoms. The van der Waals surface area contributed by atoms with Gasteiger partial charge >= 0.3 is 0 Å². The van der Waals surface area contributed by atoms with Crippen molar-refractivity contribution in [3.05, 3.63) is 46.2 Å². The summed E-state index contributed by atoms with van der Waals surface area (Å²) in [5.74, 6) is -0.209. The van der Waals surface area contributed by atoms with Crippen molar-refractivity contribution in [2.75, 3.05) is 5.32 Å². The van der Waals surface area contributed by atoms with Gasteiger partial charge in [-0.1, -0.05) is 18.6 Å². The van der Waals surface area contributed by atoms with Crippen molar-refractivity contribution >= 4 is 22.4 Å². The van der Waals surface area contributed by atoms with E-state index in [1.807, 2.05) is 6.07 Å². The first-order valence-corrected chi connectivity index (χ1v) is 9.09. The summed E-state index contributed by atoms with van der Waals surface area (Å²) in [4.78, 5) is 17.6. The van der Waals surface area contributed by atoms with Crippen molar-refractivity contribution < 1.29 is 9.18 Å². The number of hydrogen-bond acceptors (Lipinski definition) is 4. The molecule has 1 aliphatic carbocycles. The van der Waals surface area contributed by atoms with Gasteiger partial charge in [0.2, 0.25) is 5.91 Å². The zero-order chi connectivity index (χ0) is 17.1. The summed E-state index contributed by atoms with van der Waals surface area (Å²) in [6.45, 7) is 1.75. The third-order valence-corrected chi connectivity index (χ3v) is 5.40. The number of benzene rings is 1. The number of aromatic nitrogens is 1. The number of hydrogen-bond donors (Lipinski definition) is 2. The highest BCUT2D eigenvalue weighted by Crippen LogP contribution is 2.26. The molecule has 4 nitrogen and oxygen atoms in total. The fraction of sp³-hybridized carbons (Fsp3) is 0.444. The normalized spacial score (nSPS) is 20.8. The molecular formula is C18H22FN3OS. The third kappa shape index (κ3) is 4.19. The van der Waals surface area contributed by atoms with Crippen LogP contribution >= 0.6 is 11.3 Å². The summed E-state index contributed by atoms with van der Waals surface area (Å²) in [6.07, 6.45) is 5.98. The number of amides is 1. The molecule has 1 aliphatic rings. The molecule has 0 aliphatic heterocycles. The van der Waals surface area contributed by atoms with Gasteiger partial charge in [-0.05, 0) is 43.4 Å². The van der Waals surface area contributed by atoms with Crippen molar-refractivity contribution in [1.82, 2.24) is 4.98 Å². The molecule has 2 unspecified atom stereocenters. The molecule has 0 saturated heterocycles. The Morgan fingerprint density at radius 1 is 1.46 bits per heavy atom. The van der Waals surface area contributed by atoms with Crippen molar-refractivity contribution in [2.45, 2.75) is 45.1 Å². The lowest BCUT2D eigenvalue weighted by atomic mass is 9.86. The first-order valence-electron chi connectivity index (χ1n) is 8.27. The Morgan fingerprint density at radius 3 is 3.04 bits per heavy atom. The molecule has 1 aromatic heterocycles. The number of anilines is 1. The Balaban J connectivity index is 1.60.